The summed E-state index contributed by atoms with van der Waals surface area (Å²) in [6.45, 7) is 2.90. The molecule has 2 heterocycles. The Balaban J connectivity index is 1.66. The Kier molecular flexibility index (Phi) is 5.26. The first-order valence-electron chi connectivity index (χ1n) is 8.14. The normalized spacial score (nSPS) is 10.6. The van der Waals surface area contributed by atoms with E-state index in [4.69, 9.17) is 4.74 Å². The molecule has 0 saturated heterocycles. The fourth-order valence-corrected chi connectivity index (χ4v) is 2.67. The third kappa shape index (κ3) is 3.72. The quantitative estimate of drug-likeness (QED) is 0.739. The van der Waals surface area contributed by atoms with Gasteiger partial charge >= 0.3 is 0 Å². The Morgan fingerprint density at radius 2 is 2.04 bits per heavy atom. The van der Waals surface area contributed by atoms with Gasteiger partial charge in [-0.3, -0.25) is 9.78 Å². The minimum absolute atomic E-state index is 0.109. The molecule has 134 valence electrons. The molecule has 1 aromatic carbocycles. The van der Waals surface area contributed by atoms with Gasteiger partial charge in [0.15, 0.2) is 11.6 Å². The summed E-state index contributed by atoms with van der Waals surface area (Å²) in [5.74, 6) is 0.0209. The molecule has 6 nitrogen and oxygen atoms in total. The number of carbonyl (C=O) groups is 1. The monoisotopic (exact) mass is 354 g/mol. The van der Waals surface area contributed by atoms with Crippen molar-refractivity contribution < 1.29 is 13.9 Å². The van der Waals surface area contributed by atoms with E-state index in [0.29, 0.717) is 13.1 Å². The number of amides is 1. The second-order valence-electron chi connectivity index (χ2n) is 5.72. The second kappa shape index (κ2) is 7.77. The number of nitrogens with zero attached hydrogens (tertiary/aromatic N) is 3. The van der Waals surface area contributed by atoms with E-state index >= 15 is 0 Å². The van der Waals surface area contributed by atoms with Crippen LogP contribution in [0.5, 0.6) is 5.75 Å². The number of aromatic nitrogens is 3. The van der Waals surface area contributed by atoms with E-state index in [1.54, 1.807) is 18.6 Å². The van der Waals surface area contributed by atoms with Gasteiger partial charge in [0, 0.05) is 48.5 Å². The maximum absolute atomic E-state index is 13.7. The van der Waals surface area contributed by atoms with Crippen LogP contribution in [0.4, 0.5) is 4.39 Å². The number of ether oxygens (including phenoxy) is 1. The molecular weight excluding hydrogens is 335 g/mol. The third-order valence-electron chi connectivity index (χ3n) is 4.03. The van der Waals surface area contributed by atoms with Crippen molar-refractivity contribution in [2.75, 3.05) is 13.7 Å². The van der Waals surface area contributed by atoms with Crippen molar-refractivity contribution in [2.45, 2.75) is 13.5 Å². The lowest BCUT2D eigenvalue weighted by molar-refractivity contribution is 0.0951. The fraction of sp³-hybridized carbons (Fsp3) is 0.211. The third-order valence-corrected chi connectivity index (χ3v) is 4.03. The Morgan fingerprint density at radius 1 is 1.27 bits per heavy atom. The van der Waals surface area contributed by atoms with Gasteiger partial charge in [0.05, 0.1) is 7.11 Å². The van der Waals surface area contributed by atoms with Crippen LogP contribution in [0.1, 0.15) is 16.1 Å². The first-order chi connectivity index (χ1) is 12.6. The van der Waals surface area contributed by atoms with Crippen LogP contribution in [0.15, 0.2) is 48.9 Å². The van der Waals surface area contributed by atoms with Gasteiger partial charge in [0.2, 0.25) is 0 Å². The number of imidazole rings is 1. The number of aryl methyl sites for hydroxylation is 1. The molecule has 0 fully saturated rings. The highest BCUT2D eigenvalue weighted by Gasteiger charge is 2.12. The van der Waals surface area contributed by atoms with Gasteiger partial charge in [-0.2, -0.15) is 0 Å². The topological polar surface area (TPSA) is 69.0 Å². The predicted molar refractivity (Wildman–Crippen MR) is 95.5 cm³/mol. The Hall–Kier alpha value is -3.22. The van der Waals surface area contributed by atoms with Gasteiger partial charge in [-0.25, -0.2) is 9.37 Å². The second-order valence-corrected chi connectivity index (χ2v) is 5.72. The Bertz CT molecular complexity index is 909. The number of carbonyl (C=O) groups excluding carboxylic acids is 1. The molecule has 0 saturated carbocycles. The summed E-state index contributed by atoms with van der Waals surface area (Å²) in [6.07, 6.45) is 5.21. The standard InChI is InChI=1S/C19H19FN4O2/c1-13-12-23-18(14-5-7-21-8-6-14)24(13)10-9-22-19(25)15-3-4-17(26-2)16(20)11-15/h3-8,11-12H,9-10H2,1-2H3,(H,22,25). The summed E-state index contributed by atoms with van der Waals surface area (Å²) in [7, 11) is 1.38. The number of rotatable bonds is 6. The van der Waals surface area contributed by atoms with Crippen molar-refractivity contribution in [3.05, 3.63) is 66.0 Å². The minimum Gasteiger partial charge on any atom is -0.494 e. The lowest BCUT2D eigenvalue weighted by Crippen LogP contribution is -2.27. The van der Waals surface area contributed by atoms with Crippen LogP contribution in [0.2, 0.25) is 0 Å². The molecule has 3 aromatic rings. The summed E-state index contributed by atoms with van der Waals surface area (Å²) in [5, 5.41) is 2.80. The average molecular weight is 354 g/mol. The molecule has 0 aliphatic heterocycles. The smallest absolute Gasteiger partial charge is 0.251 e. The molecule has 2 aromatic heterocycles. The van der Waals surface area contributed by atoms with Crippen LogP contribution < -0.4 is 10.1 Å². The summed E-state index contributed by atoms with van der Waals surface area (Å²) in [6, 6.07) is 7.90. The highest BCUT2D eigenvalue weighted by Crippen LogP contribution is 2.19. The number of nitrogens with one attached hydrogen (secondary N) is 1. The molecule has 3 rings (SSSR count). The number of hydrogen-bond acceptors (Lipinski definition) is 4. The van der Waals surface area contributed by atoms with Gasteiger partial charge in [-0.05, 0) is 37.3 Å². The summed E-state index contributed by atoms with van der Waals surface area (Å²) in [5.41, 5.74) is 2.19. The van der Waals surface area contributed by atoms with Gasteiger partial charge in [-0.15, -0.1) is 0 Å². The van der Waals surface area contributed by atoms with Gasteiger partial charge in [-0.1, -0.05) is 0 Å². The maximum Gasteiger partial charge on any atom is 0.251 e. The molecule has 0 aliphatic rings. The van der Waals surface area contributed by atoms with Crippen molar-refractivity contribution in [1.29, 1.82) is 0 Å². The first kappa shape index (κ1) is 17.6. The SMILES string of the molecule is COc1ccc(C(=O)NCCn2c(C)cnc2-c2ccncc2)cc1F. The molecule has 0 atom stereocenters. The molecule has 26 heavy (non-hydrogen) atoms. The molecule has 0 aliphatic carbocycles. The lowest BCUT2D eigenvalue weighted by atomic mass is 10.2. The van der Waals surface area contributed by atoms with E-state index in [2.05, 4.69) is 15.3 Å². The van der Waals surface area contributed by atoms with Crippen LogP contribution >= 0.6 is 0 Å². The number of methoxy groups -OCH3 is 1. The van der Waals surface area contributed by atoms with Crippen molar-refractivity contribution >= 4 is 5.91 Å². The van der Waals surface area contributed by atoms with E-state index in [1.807, 2.05) is 23.6 Å². The van der Waals surface area contributed by atoms with E-state index < -0.39 is 5.82 Å². The van der Waals surface area contributed by atoms with Crippen LogP contribution in [-0.2, 0) is 6.54 Å². The van der Waals surface area contributed by atoms with Crippen molar-refractivity contribution in [3.8, 4) is 17.1 Å². The Labute approximate surface area is 150 Å². The molecular formula is C19H19FN4O2. The van der Waals surface area contributed by atoms with Crippen molar-refractivity contribution in [3.63, 3.8) is 0 Å². The van der Waals surface area contributed by atoms with Crippen LogP contribution in [0, 0.1) is 12.7 Å². The maximum atomic E-state index is 13.7. The van der Waals surface area contributed by atoms with Gasteiger partial charge in [0.25, 0.3) is 5.91 Å². The Morgan fingerprint density at radius 3 is 2.73 bits per heavy atom. The zero-order valence-corrected chi connectivity index (χ0v) is 14.6. The molecule has 0 unspecified atom stereocenters. The van der Waals surface area contributed by atoms with Gasteiger partial charge < -0.3 is 14.6 Å². The van der Waals surface area contributed by atoms with Crippen LogP contribution in [0.3, 0.4) is 0 Å². The molecule has 7 heteroatoms. The van der Waals surface area contributed by atoms with E-state index in [-0.39, 0.29) is 17.2 Å². The number of hydrogen-bond donors (Lipinski definition) is 1. The molecule has 1 N–H and O–H groups in total. The molecule has 1 amide bonds. The first-order valence-corrected chi connectivity index (χ1v) is 8.14. The summed E-state index contributed by atoms with van der Waals surface area (Å²) >= 11 is 0. The van der Waals surface area contributed by atoms with E-state index in [0.717, 1.165) is 17.1 Å². The minimum atomic E-state index is -0.564. The van der Waals surface area contributed by atoms with E-state index in [1.165, 1.54) is 25.3 Å². The lowest BCUT2D eigenvalue weighted by Gasteiger charge is -2.11. The summed E-state index contributed by atoms with van der Waals surface area (Å²) < 4.78 is 20.6. The molecule has 0 radical (unpaired) electrons. The largest absolute Gasteiger partial charge is 0.494 e. The van der Waals surface area contributed by atoms with E-state index in [9.17, 15) is 9.18 Å². The zero-order chi connectivity index (χ0) is 18.5. The van der Waals surface area contributed by atoms with Gasteiger partial charge in [0.1, 0.15) is 5.82 Å². The van der Waals surface area contributed by atoms with Crippen molar-refractivity contribution in [2.24, 2.45) is 0 Å². The van der Waals surface area contributed by atoms with Crippen molar-refractivity contribution in [1.82, 2.24) is 19.9 Å². The highest BCUT2D eigenvalue weighted by molar-refractivity contribution is 5.94. The number of pyridine rings is 1. The number of benzene rings is 1. The van der Waals surface area contributed by atoms with Crippen LogP contribution in [-0.4, -0.2) is 34.1 Å². The zero-order valence-electron chi connectivity index (χ0n) is 14.6. The molecule has 0 spiro atoms. The number of halogens is 1. The van der Waals surface area contributed by atoms with Crippen LogP contribution in [0.25, 0.3) is 11.4 Å². The predicted octanol–water partition coefficient (Wildman–Crippen LogP) is 2.83. The highest BCUT2D eigenvalue weighted by atomic mass is 19.1. The fourth-order valence-electron chi connectivity index (χ4n) is 2.67. The summed E-state index contributed by atoms with van der Waals surface area (Å²) in [4.78, 5) is 20.7. The average Bonchev–Trinajstić information content (AvgIpc) is 3.03. The molecule has 0 bridgehead atoms.